The van der Waals surface area contributed by atoms with Crippen molar-refractivity contribution in [2.45, 2.75) is 32.7 Å². The summed E-state index contributed by atoms with van der Waals surface area (Å²) in [5, 5.41) is 3.03. The molecule has 0 bridgehead atoms. The third-order valence-electron chi connectivity index (χ3n) is 4.24. The average Bonchev–Trinajstić information content (AvgIpc) is 3.05. The number of ether oxygens (including phenoxy) is 1. The van der Waals surface area contributed by atoms with Gasteiger partial charge in [-0.15, -0.1) is 0 Å². The van der Waals surface area contributed by atoms with Gasteiger partial charge in [-0.2, -0.15) is 0 Å². The molecule has 0 saturated heterocycles. The van der Waals surface area contributed by atoms with E-state index in [4.69, 9.17) is 4.74 Å². The molecule has 0 radical (unpaired) electrons. The van der Waals surface area contributed by atoms with Gasteiger partial charge in [0.1, 0.15) is 11.6 Å². The number of hydrogen-bond acceptors (Lipinski definition) is 3. The molecule has 23 heavy (non-hydrogen) atoms. The second kappa shape index (κ2) is 7.31. The van der Waals surface area contributed by atoms with Crippen LogP contribution in [0.5, 0.6) is 5.75 Å². The normalized spacial score (nSPS) is 16.5. The summed E-state index contributed by atoms with van der Waals surface area (Å²) in [4.78, 5) is 16.3. The van der Waals surface area contributed by atoms with Gasteiger partial charge < -0.3 is 14.6 Å². The Balaban J connectivity index is 1.43. The molecule has 0 unspecified atom stereocenters. The Hall–Kier alpha value is -2.30. The first-order valence-corrected chi connectivity index (χ1v) is 8.23. The van der Waals surface area contributed by atoms with E-state index >= 15 is 0 Å². The summed E-state index contributed by atoms with van der Waals surface area (Å²) in [6.07, 6.45) is 6.03. The van der Waals surface area contributed by atoms with Crippen molar-refractivity contribution in [3.63, 3.8) is 0 Å². The van der Waals surface area contributed by atoms with E-state index in [0.29, 0.717) is 32.0 Å². The quantitative estimate of drug-likeness (QED) is 0.889. The van der Waals surface area contributed by atoms with Crippen molar-refractivity contribution in [3.05, 3.63) is 48.0 Å². The van der Waals surface area contributed by atoms with Gasteiger partial charge >= 0.3 is 0 Å². The van der Waals surface area contributed by atoms with Crippen molar-refractivity contribution in [2.75, 3.05) is 13.2 Å². The fourth-order valence-electron chi connectivity index (χ4n) is 2.95. The number of fused-ring (bicyclic) bond motifs is 1. The maximum atomic E-state index is 12.0. The maximum absolute atomic E-state index is 12.0. The molecule has 0 saturated carbocycles. The number of aromatic nitrogens is 2. The van der Waals surface area contributed by atoms with Crippen molar-refractivity contribution in [3.8, 4) is 5.75 Å². The highest BCUT2D eigenvalue weighted by Crippen LogP contribution is 2.26. The van der Waals surface area contributed by atoms with Crippen LogP contribution in [-0.4, -0.2) is 28.6 Å². The second-order valence-electron chi connectivity index (χ2n) is 5.93. The van der Waals surface area contributed by atoms with Crippen molar-refractivity contribution >= 4 is 5.91 Å². The van der Waals surface area contributed by atoms with E-state index in [-0.39, 0.29) is 5.91 Å². The Labute approximate surface area is 136 Å². The zero-order valence-corrected chi connectivity index (χ0v) is 13.5. The van der Waals surface area contributed by atoms with Gasteiger partial charge in [-0.25, -0.2) is 4.98 Å². The van der Waals surface area contributed by atoms with E-state index in [0.717, 1.165) is 24.4 Å². The number of para-hydroxylation sites is 1. The molecule has 5 nitrogen and oxygen atoms in total. The fourth-order valence-corrected chi connectivity index (χ4v) is 2.95. The lowest BCUT2D eigenvalue weighted by Gasteiger charge is -2.25. The molecule has 1 aliphatic heterocycles. The van der Waals surface area contributed by atoms with Crippen LogP contribution in [0.4, 0.5) is 0 Å². The van der Waals surface area contributed by atoms with Crippen LogP contribution in [0.1, 0.15) is 24.7 Å². The second-order valence-corrected chi connectivity index (χ2v) is 5.93. The molecule has 0 fully saturated rings. The van der Waals surface area contributed by atoms with Gasteiger partial charge in [0.25, 0.3) is 0 Å². The molecule has 1 aromatic carbocycles. The number of hydrogen-bond donors (Lipinski definition) is 1. The minimum absolute atomic E-state index is 0.0830. The number of imidazole rings is 1. The number of nitrogens with one attached hydrogen (secondary N) is 1. The molecular formula is C18H23N3O2. The number of carbonyl (C=O) groups excluding carboxylic acids is 1. The van der Waals surface area contributed by atoms with Gasteiger partial charge in [-0.1, -0.05) is 25.1 Å². The molecule has 1 amide bonds. The number of rotatable bonds is 6. The minimum Gasteiger partial charge on any atom is -0.493 e. The van der Waals surface area contributed by atoms with E-state index < -0.39 is 0 Å². The first kappa shape index (κ1) is 15.6. The molecule has 1 N–H and O–H groups in total. The lowest BCUT2D eigenvalue weighted by molar-refractivity contribution is -0.121. The summed E-state index contributed by atoms with van der Waals surface area (Å²) < 4.78 is 7.80. The number of carbonyl (C=O) groups is 1. The first-order chi connectivity index (χ1) is 11.3. The SMILES string of the molecule is CCc1nccn1CCC(=O)NC[C@@H]1COc2ccccc2C1. The van der Waals surface area contributed by atoms with Gasteiger partial charge in [0.2, 0.25) is 5.91 Å². The number of amides is 1. The van der Waals surface area contributed by atoms with E-state index in [1.54, 1.807) is 6.20 Å². The summed E-state index contributed by atoms with van der Waals surface area (Å²) in [7, 11) is 0. The molecule has 1 aliphatic rings. The highest BCUT2D eigenvalue weighted by Gasteiger charge is 2.19. The van der Waals surface area contributed by atoms with Crippen molar-refractivity contribution in [1.29, 1.82) is 0 Å². The van der Waals surface area contributed by atoms with Crippen LogP contribution in [-0.2, 0) is 24.2 Å². The monoisotopic (exact) mass is 313 g/mol. The van der Waals surface area contributed by atoms with Crippen LogP contribution < -0.4 is 10.1 Å². The van der Waals surface area contributed by atoms with Crippen LogP contribution in [0.25, 0.3) is 0 Å². The van der Waals surface area contributed by atoms with E-state index in [9.17, 15) is 4.79 Å². The predicted octanol–water partition coefficient (Wildman–Crippen LogP) is 2.20. The highest BCUT2D eigenvalue weighted by molar-refractivity contribution is 5.75. The molecule has 2 aromatic rings. The summed E-state index contributed by atoms with van der Waals surface area (Å²) in [5.41, 5.74) is 1.23. The van der Waals surface area contributed by atoms with Crippen LogP contribution in [0.3, 0.4) is 0 Å². The van der Waals surface area contributed by atoms with Gasteiger partial charge in [-0.05, 0) is 18.1 Å². The predicted molar refractivity (Wildman–Crippen MR) is 88.4 cm³/mol. The summed E-state index contributed by atoms with van der Waals surface area (Å²) in [5.74, 6) is 2.42. The summed E-state index contributed by atoms with van der Waals surface area (Å²) >= 11 is 0. The zero-order chi connectivity index (χ0) is 16.1. The number of aryl methyl sites for hydroxylation is 2. The molecular weight excluding hydrogens is 290 g/mol. The standard InChI is InChI=1S/C18H23N3O2/c1-2-17-19-8-10-21(17)9-7-18(22)20-12-14-11-15-5-3-4-6-16(15)23-13-14/h3-6,8,10,14H,2,7,9,11-13H2,1H3,(H,20,22)/t14-/m1/s1. The maximum Gasteiger partial charge on any atom is 0.221 e. The van der Waals surface area contributed by atoms with Gasteiger partial charge in [0, 0.05) is 44.2 Å². The largest absolute Gasteiger partial charge is 0.493 e. The van der Waals surface area contributed by atoms with Crippen LogP contribution in [0.2, 0.25) is 0 Å². The molecule has 1 atom stereocenters. The molecule has 3 rings (SSSR count). The highest BCUT2D eigenvalue weighted by atomic mass is 16.5. The van der Waals surface area contributed by atoms with Gasteiger partial charge in [0.15, 0.2) is 0 Å². The Morgan fingerprint density at radius 2 is 2.30 bits per heavy atom. The summed E-state index contributed by atoms with van der Waals surface area (Å²) in [6, 6.07) is 8.11. The molecule has 0 spiro atoms. The van der Waals surface area contributed by atoms with Gasteiger partial charge in [0.05, 0.1) is 6.61 Å². The minimum atomic E-state index is 0.0830. The van der Waals surface area contributed by atoms with E-state index in [1.165, 1.54) is 5.56 Å². The Bertz CT molecular complexity index is 666. The average molecular weight is 313 g/mol. The zero-order valence-electron chi connectivity index (χ0n) is 13.5. The number of nitrogens with zero attached hydrogens (tertiary/aromatic N) is 2. The van der Waals surface area contributed by atoms with Crippen molar-refractivity contribution in [1.82, 2.24) is 14.9 Å². The Kier molecular flexibility index (Phi) is 4.95. The molecule has 1 aromatic heterocycles. The first-order valence-electron chi connectivity index (χ1n) is 8.23. The smallest absolute Gasteiger partial charge is 0.221 e. The summed E-state index contributed by atoms with van der Waals surface area (Å²) in [6.45, 7) is 4.08. The molecule has 0 aliphatic carbocycles. The lowest BCUT2D eigenvalue weighted by atomic mass is 9.97. The van der Waals surface area contributed by atoms with Crippen LogP contribution in [0.15, 0.2) is 36.7 Å². The third kappa shape index (κ3) is 3.92. The molecule has 122 valence electrons. The van der Waals surface area contributed by atoms with E-state index in [1.807, 2.05) is 29.0 Å². The third-order valence-corrected chi connectivity index (χ3v) is 4.24. The van der Waals surface area contributed by atoms with Crippen molar-refractivity contribution < 1.29 is 9.53 Å². The van der Waals surface area contributed by atoms with Crippen LogP contribution >= 0.6 is 0 Å². The van der Waals surface area contributed by atoms with E-state index in [2.05, 4.69) is 23.3 Å². The van der Waals surface area contributed by atoms with Gasteiger partial charge in [-0.3, -0.25) is 4.79 Å². The Morgan fingerprint density at radius 3 is 3.17 bits per heavy atom. The van der Waals surface area contributed by atoms with Crippen LogP contribution in [0, 0.1) is 5.92 Å². The fraction of sp³-hybridized carbons (Fsp3) is 0.444. The van der Waals surface area contributed by atoms with Crippen molar-refractivity contribution in [2.24, 2.45) is 5.92 Å². The number of benzene rings is 1. The molecule has 5 heteroatoms. The lowest BCUT2D eigenvalue weighted by Crippen LogP contribution is -2.35. The topological polar surface area (TPSA) is 56.2 Å². The molecule has 2 heterocycles. The Morgan fingerprint density at radius 1 is 1.43 bits per heavy atom.